The summed E-state index contributed by atoms with van der Waals surface area (Å²) >= 11 is 0. The van der Waals surface area contributed by atoms with Crippen LogP contribution < -0.4 is 15.4 Å². The molecule has 0 radical (unpaired) electrons. The van der Waals surface area contributed by atoms with E-state index in [9.17, 15) is 4.79 Å². The number of benzene rings is 2. The van der Waals surface area contributed by atoms with Crippen molar-refractivity contribution < 1.29 is 9.53 Å². The van der Waals surface area contributed by atoms with Crippen LogP contribution in [0.4, 0.5) is 11.4 Å². The maximum atomic E-state index is 12.5. The normalized spacial score (nSPS) is 10.2. The van der Waals surface area contributed by atoms with Crippen molar-refractivity contribution in [1.29, 1.82) is 0 Å². The SMILES string of the molecule is COc1cccc(N(C)C(=O)c2cccc(N)c2C)c1. The Balaban J connectivity index is 2.35. The van der Waals surface area contributed by atoms with Crippen molar-refractivity contribution in [3.05, 3.63) is 53.6 Å². The fourth-order valence-corrected chi connectivity index (χ4v) is 2.00. The van der Waals surface area contributed by atoms with Crippen LogP contribution in [0.3, 0.4) is 0 Å². The number of hydrogen-bond acceptors (Lipinski definition) is 3. The lowest BCUT2D eigenvalue weighted by Gasteiger charge is -2.19. The second-order valence-corrected chi connectivity index (χ2v) is 4.59. The molecule has 0 aromatic heterocycles. The second kappa shape index (κ2) is 5.65. The molecular formula is C16H18N2O2. The number of nitrogens with zero attached hydrogens (tertiary/aromatic N) is 1. The molecule has 4 heteroatoms. The van der Waals surface area contributed by atoms with Gasteiger partial charge in [0.1, 0.15) is 5.75 Å². The number of carbonyl (C=O) groups excluding carboxylic acids is 1. The zero-order chi connectivity index (χ0) is 14.7. The molecule has 20 heavy (non-hydrogen) atoms. The third-order valence-corrected chi connectivity index (χ3v) is 3.35. The molecule has 0 heterocycles. The number of ether oxygens (including phenoxy) is 1. The zero-order valence-corrected chi connectivity index (χ0v) is 11.9. The molecule has 0 unspecified atom stereocenters. The maximum Gasteiger partial charge on any atom is 0.258 e. The quantitative estimate of drug-likeness (QED) is 0.872. The average Bonchev–Trinajstić information content (AvgIpc) is 2.48. The lowest BCUT2D eigenvalue weighted by atomic mass is 10.1. The predicted octanol–water partition coefficient (Wildman–Crippen LogP) is 2.86. The van der Waals surface area contributed by atoms with Gasteiger partial charge in [-0.15, -0.1) is 0 Å². The Morgan fingerprint density at radius 3 is 2.60 bits per heavy atom. The molecule has 0 saturated heterocycles. The van der Waals surface area contributed by atoms with E-state index in [4.69, 9.17) is 10.5 Å². The zero-order valence-electron chi connectivity index (χ0n) is 11.9. The Morgan fingerprint density at radius 2 is 1.90 bits per heavy atom. The topological polar surface area (TPSA) is 55.6 Å². The summed E-state index contributed by atoms with van der Waals surface area (Å²) in [7, 11) is 3.34. The first-order valence-corrected chi connectivity index (χ1v) is 6.31. The first-order chi connectivity index (χ1) is 9.54. The van der Waals surface area contributed by atoms with Gasteiger partial charge in [-0.2, -0.15) is 0 Å². The standard InChI is InChI=1S/C16H18N2O2/c1-11-14(8-5-9-15(11)17)16(19)18(2)12-6-4-7-13(10-12)20-3/h4-10H,17H2,1-3H3. The fourth-order valence-electron chi connectivity index (χ4n) is 2.00. The summed E-state index contributed by atoms with van der Waals surface area (Å²) in [5.74, 6) is 0.620. The third kappa shape index (κ3) is 2.59. The van der Waals surface area contributed by atoms with E-state index < -0.39 is 0 Å². The summed E-state index contributed by atoms with van der Waals surface area (Å²) in [6, 6.07) is 12.7. The van der Waals surface area contributed by atoms with Gasteiger partial charge in [0.15, 0.2) is 0 Å². The van der Waals surface area contributed by atoms with Crippen molar-refractivity contribution >= 4 is 17.3 Å². The summed E-state index contributed by atoms with van der Waals surface area (Å²) in [6.07, 6.45) is 0. The minimum Gasteiger partial charge on any atom is -0.497 e. The highest BCUT2D eigenvalue weighted by Crippen LogP contribution is 2.23. The van der Waals surface area contributed by atoms with E-state index in [1.807, 2.05) is 31.2 Å². The van der Waals surface area contributed by atoms with Crippen LogP contribution in [-0.2, 0) is 0 Å². The van der Waals surface area contributed by atoms with Crippen LogP contribution in [0.1, 0.15) is 15.9 Å². The monoisotopic (exact) mass is 270 g/mol. The molecule has 0 aliphatic rings. The molecule has 2 rings (SSSR count). The van der Waals surface area contributed by atoms with Crippen LogP contribution in [0.25, 0.3) is 0 Å². The number of rotatable bonds is 3. The molecule has 2 N–H and O–H groups in total. The number of amides is 1. The van der Waals surface area contributed by atoms with Gasteiger partial charge in [0.2, 0.25) is 0 Å². The van der Waals surface area contributed by atoms with Crippen molar-refractivity contribution in [2.45, 2.75) is 6.92 Å². The van der Waals surface area contributed by atoms with Gasteiger partial charge in [-0.1, -0.05) is 12.1 Å². The van der Waals surface area contributed by atoms with E-state index in [0.717, 1.165) is 11.3 Å². The van der Waals surface area contributed by atoms with Gasteiger partial charge < -0.3 is 15.4 Å². The molecule has 0 spiro atoms. The van der Waals surface area contributed by atoms with Crippen LogP contribution in [0.5, 0.6) is 5.75 Å². The molecule has 0 saturated carbocycles. The largest absolute Gasteiger partial charge is 0.497 e. The number of anilines is 2. The van der Waals surface area contributed by atoms with Crippen LogP contribution in [0.2, 0.25) is 0 Å². The summed E-state index contributed by atoms with van der Waals surface area (Å²) in [4.78, 5) is 14.1. The molecule has 0 aliphatic heterocycles. The first kappa shape index (κ1) is 13.9. The van der Waals surface area contributed by atoms with E-state index in [2.05, 4.69) is 0 Å². The second-order valence-electron chi connectivity index (χ2n) is 4.59. The number of nitrogens with two attached hydrogens (primary N) is 1. The van der Waals surface area contributed by atoms with E-state index in [-0.39, 0.29) is 5.91 Å². The van der Waals surface area contributed by atoms with Gasteiger partial charge in [-0.05, 0) is 36.8 Å². The Labute approximate surface area is 118 Å². The van der Waals surface area contributed by atoms with Gasteiger partial charge >= 0.3 is 0 Å². The number of hydrogen-bond donors (Lipinski definition) is 1. The lowest BCUT2D eigenvalue weighted by molar-refractivity contribution is 0.0992. The molecule has 2 aromatic carbocycles. The van der Waals surface area contributed by atoms with E-state index in [1.165, 1.54) is 0 Å². The Morgan fingerprint density at radius 1 is 1.20 bits per heavy atom. The van der Waals surface area contributed by atoms with Crippen molar-refractivity contribution in [3.63, 3.8) is 0 Å². The maximum absolute atomic E-state index is 12.5. The van der Waals surface area contributed by atoms with Gasteiger partial charge in [0.05, 0.1) is 7.11 Å². The summed E-state index contributed by atoms with van der Waals surface area (Å²) in [5, 5.41) is 0. The molecule has 0 fully saturated rings. The number of carbonyl (C=O) groups is 1. The van der Waals surface area contributed by atoms with Crippen molar-refractivity contribution in [3.8, 4) is 5.75 Å². The predicted molar refractivity (Wildman–Crippen MR) is 81.3 cm³/mol. The van der Waals surface area contributed by atoms with E-state index in [0.29, 0.717) is 17.0 Å². The smallest absolute Gasteiger partial charge is 0.258 e. The van der Waals surface area contributed by atoms with Crippen molar-refractivity contribution in [1.82, 2.24) is 0 Å². The molecule has 0 bridgehead atoms. The lowest BCUT2D eigenvalue weighted by Crippen LogP contribution is -2.27. The summed E-state index contributed by atoms with van der Waals surface area (Å²) < 4.78 is 5.18. The molecule has 0 atom stereocenters. The van der Waals surface area contributed by atoms with Gasteiger partial charge in [-0.3, -0.25) is 4.79 Å². The Kier molecular flexibility index (Phi) is 3.94. The highest BCUT2D eigenvalue weighted by Gasteiger charge is 2.16. The van der Waals surface area contributed by atoms with Crippen LogP contribution in [0.15, 0.2) is 42.5 Å². The van der Waals surface area contributed by atoms with Gasteiger partial charge in [0.25, 0.3) is 5.91 Å². The molecule has 0 aliphatic carbocycles. The molecule has 4 nitrogen and oxygen atoms in total. The Hall–Kier alpha value is -2.49. The molecular weight excluding hydrogens is 252 g/mol. The Bertz CT molecular complexity index is 638. The average molecular weight is 270 g/mol. The first-order valence-electron chi connectivity index (χ1n) is 6.31. The van der Waals surface area contributed by atoms with Gasteiger partial charge in [0, 0.05) is 30.1 Å². The summed E-state index contributed by atoms with van der Waals surface area (Å²) in [5.41, 5.74) is 8.65. The highest BCUT2D eigenvalue weighted by molar-refractivity contribution is 6.07. The molecule has 1 amide bonds. The minimum absolute atomic E-state index is 0.0944. The summed E-state index contributed by atoms with van der Waals surface area (Å²) in [6.45, 7) is 1.85. The molecule has 104 valence electrons. The molecule has 2 aromatic rings. The number of methoxy groups -OCH3 is 1. The van der Waals surface area contributed by atoms with Crippen LogP contribution >= 0.6 is 0 Å². The minimum atomic E-state index is -0.0944. The highest BCUT2D eigenvalue weighted by atomic mass is 16.5. The fraction of sp³-hybridized carbons (Fsp3) is 0.188. The third-order valence-electron chi connectivity index (χ3n) is 3.35. The van der Waals surface area contributed by atoms with Crippen LogP contribution in [0, 0.1) is 6.92 Å². The van der Waals surface area contributed by atoms with Gasteiger partial charge in [-0.25, -0.2) is 0 Å². The van der Waals surface area contributed by atoms with E-state index in [1.54, 1.807) is 37.3 Å². The van der Waals surface area contributed by atoms with Crippen molar-refractivity contribution in [2.75, 3.05) is 24.8 Å². The number of nitrogen functional groups attached to an aromatic ring is 1. The van der Waals surface area contributed by atoms with Crippen LogP contribution in [-0.4, -0.2) is 20.1 Å². The van der Waals surface area contributed by atoms with E-state index >= 15 is 0 Å². The van der Waals surface area contributed by atoms with Crippen molar-refractivity contribution in [2.24, 2.45) is 0 Å².